The molecule has 1 unspecified atom stereocenters. The molecule has 1 rings (SSSR count). The summed E-state index contributed by atoms with van der Waals surface area (Å²) in [6, 6.07) is 5.02. The highest BCUT2D eigenvalue weighted by Gasteiger charge is 2.17. The maximum absolute atomic E-state index is 12.2. The second-order valence-corrected chi connectivity index (χ2v) is 8.38. The topological polar surface area (TPSA) is 46.2 Å². The van der Waals surface area contributed by atoms with Crippen LogP contribution in [-0.2, 0) is 10.0 Å². The van der Waals surface area contributed by atoms with E-state index in [9.17, 15) is 8.42 Å². The Balaban J connectivity index is 2.72. The molecule has 0 saturated heterocycles. The van der Waals surface area contributed by atoms with Gasteiger partial charge in [0.05, 0.1) is 4.90 Å². The molecule has 0 radical (unpaired) electrons. The number of hydrogen-bond acceptors (Lipinski definition) is 3. The summed E-state index contributed by atoms with van der Waals surface area (Å²) in [5.41, 5.74) is 0.914. The summed E-state index contributed by atoms with van der Waals surface area (Å²) in [7, 11) is -3.42. The number of benzene rings is 1. The van der Waals surface area contributed by atoms with Gasteiger partial charge in [-0.15, -0.1) is 0 Å². The molecule has 0 aliphatic carbocycles. The number of aryl methyl sites for hydroxylation is 1. The summed E-state index contributed by atoms with van der Waals surface area (Å²) in [6.07, 6.45) is 0.841. The summed E-state index contributed by atoms with van der Waals surface area (Å²) in [5.74, 6) is 2.03. The number of rotatable bonds is 7. The van der Waals surface area contributed by atoms with Gasteiger partial charge in [-0.3, -0.25) is 0 Å². The molecule has 1 aromatic carbocycles. The predicted molar refractivity (Wildman–Crippen MR) is 86.3 cm³/mol. The van der Waals surface area contributed by atoms with Crippen molar-refractivity contribution >= 4 is 37.7 Å². The van der Waals surface area contributed by atoms with Gasteiger partial charge in [0.2, 0.25) is 10.0 Å². The van der Waals surface area contributed by atoms with Crippen molar-refractivity contribution in [3.63, 3.8) is 0 Å². The van der Waals surface area contributed by atoms with Crippen LogP contribution in [0.2, 0.25) is 0 Å². The van der Waals surface area contributed by atoms with E-state index in [-0.39, 0.29) is 6.04 Å². The van der Waals surface area contributed by atoms with Crippen molar-refractivity contribution < 1.29 is 8.42 Å². The van der Waals surface area contributed by atoms with E-state index >= 15 is 0 Å². The smallest absolute Gasteiger partial charge is 0.208 e. The van der Waals surface area contributed by atoms with Gasteiger partial charge in [-0.1, -0.05) is 22.9 Å². The Morgan fingerprint density at radius 2 is 2.11 bits per heavy atom. The Bertz CT molecular complexity index is 517. The van der Waals surface area contributed by atoms with Crippen LogP contribution in [0.5, 0.6) is 0 Å². The standard InChI is InChI=1S/C13H20BrNO2S2/c1-4-18-8-7-11(3)15-19(16,17)12-5-6-13(14)10(2)9-12/h5-6,9,11,15H,4,7-8H2,1-3H3. The first-order valence-corrected chi connectivity index (χ1v) is 9.66. The third-order valence-electron chi connectivity index (χ3n) is 2.70. The molecule has 19 heavy (non-hydrogen) atoms. The molecule has 108 valence electrons. The molecule has 1 aromatic rings. The van der Waals surface area contributed by atoms with Gasteiger partial charge in [-0.05, 0) is 55.5 Å². The molecule has 0 heterocycles. The third-order valence-corrected chi connectivity index (χ3v) is 6.10. The van der Waals surface area contributed by atoms with Gasteiger partial charge in [-0.25, -0.2) is 13.1 Å². The SMILES string of the molecule is CCSCCC(C)NS(=O)(=O)c1ccc(Br)c(C)c1. The maximum Gasteiger partial charge on any atom is 0.240 e. The number of sulfonamides is 1. The molecule has 1 atom stereocenters. The minimum Gasteiger partial charge on any atom is -0.208 e. The summed E-state index contributed by atoms with van der Waals surface area (Å²) < 4.78 is 28.0. The van der Waals surface area contributed by atoms with Crippen molar-refractivity contribution in [2.45, 2.75) is 38.1 Å². The van der Waals surface area contributed by atoms with Crippen LogP contribution >= 0.6 is 27.7 Å². The molecule has 0 aliphatic heterocycles. The molecular weight excluding hydrogens is 346 g/mol. The van der Waals surface area contributed by atoms with Crippen molar-refractivity contribution in [1.29, 1.82) is 0 Å². The highest BCUT2D eigenvalue weighted by Crippen LogP contribution is 2.20. The molecule has 0 bridgehead atoms. The third kappa shape index (κ3) is 5.45. The van der Waals surface area contributed by atoms with Crippen molar-refractivity contribution in [3.05, 3.63) is 28.2 Å². The van der Waals surface area contributed by atoms with Crippen LogP contribution in [0, 0.1) is 6.92 Å². The molecular formula is C13H20BrNO2S2. The van der Waals surface area contributed by atoms with E-state index in [2.05, 4.69) is 27.6 Å². The van der Waals surface area contributed by atoms with Crippen molar-refractivity contribution in [1.82, 2.24) is 4.72 Å². The van der Waals surface area contributed by atoms with Gasteiger partial charge in [0.25, 0.3) is 0 Å². The fourth-order valence-electron chi connectivity index (χ4n) is 1.58. The van der Waals surface area contributed by atoms with E-state index in [4.69, 9.17) is 0 Å². The zero-order valence-electron chi connectivity index (χ0n) is 11.4. The first-order chi connectivity index (χ1) is 8.86. The maximum atomic E-state index is 12.2. The van der Waals surface area contributed by atoms with Crippen LogP contribution < -0.4 is 4.72 Å². The van der Waals surface area contributed by atoms with Crippen LogP contribution in [0.3, 0.4) is 0 Å². The quantitative estimate of drug-likeness (QED) is 0.751. The van der Waals surface area contributed by atoms with Gasteiger partial charge in [0, 0.05) is 10.5 Å². The van der Waals surface area contributed by atoms with Gasteiger partial charge in [-0.2, -0.15) is 11.8 Å². The first kappa shape index (κ1) is 17.0. The Morgan fingerprint density at radius 1 is 1.42 bits per heavy atom. The molecule has 1 N–H and O–H groups in total. The lowest BCUT2D eigenvalue weighted by molar-refractivity contribution is 0.557. The molecule has 6 heteroatoms. The lowest BCUT2D eigenvalue weighted by atomic mass is 10.2. The lowest BCUT2D eigenvalue weighted by Gasteiger charge is -2.14. The van der Waals surface area contributed by atoms with Gasteiger partial charge >= 0.3 is 0 Å². The summed E-state index contributed by atoms with van der Waals surface area (Å²) >= 11 is 5.19. The Hall–Kier alpha value is -0.0400. The van der Waals surface area contributed by atoms with E-state index < -0.39 is 10.0 Å². The zero-order chi connectivity index (χ0) is 14.5. The Morgan fingerprint density at radius 3 is 2.68 bits per heavy atom. The van der Waals surface area contributed by atoms with Crippen LogP contribution in [0.4, 0.5) is 0 Å². The van der Waals surface area contributed by atoms with Crippen LogP contribution in [0.25, 0.3) is 0 Å². The molecule has 0 spiro atoms. The average Bonchev–Trinajstić information content (AvgIpc) is 2.32. The monoisotopic (exact) mass is 365 g/mol. The molecule has 3 nitrogen and oxygen atoms in total. The largest absolute Gasteiger partial charge is 0.240 e. The average molecular weight is 366 g/mol. The number of hydrogen-bond donors (Lipinski definition) is 1. The van der Waals surface area contributed by atoms with E-state index in [1.54, 1.807) is 18.2 Å². The highest BCUT2D eigenvalue weighted by atomic mass is 79.9. The summed E-state index contributed by atoms with van der Waals surface area (Å²) in [5, 5.41) is 0. The highest BCUT2D eigenvalue weighted by molar-refractivity contribution is 9.10. The Labute approximate surface area is 128 Å². The van der Waals surface area contributed by atoms with Gasteiger partial charge in [0.15, 0.2) is 0 Å². The Kier molecular flexibility index (Phi) is 6.86. The minimum atomic E-state index is -3.42. The lowest BCUT2D eigenvalue weighted by Crippen LogP contribution is -2.33. The normalized spacial score (nSPS) is 13.5. The van der Waals surface area contributed by atoms with E-state index in [1.165, 1.54) is 0 Å². The van der Waals surface area contributed by atoms with Crippen molar-refractivity contribution in [2.75, 3.05) is 11.5 Å². The second kappa shape index (κ2) is 7.67. The molecule has 0 saturated carbocycles. The van der Waals surface area contributed by atoms with Gasteiger partial charge in [0.1, 0.15) is 0 Å². The molecule has 0 aliphatic rings. The summed E-state index contributed by atoms with van der Waals surface area (Å²) in [4.78, 5) is 0.322. The van der Waals surface area contributed by atoms with Gasteiger partial charge < -0.3 is 0 Å². The molecule has 0 amide bonds. The van der Waals surface area contributed by atoms with Crippen molar-refractivity contribution in [3.8, 4) is 0 Å². The zero-order valence-corrected chi connectivity index (χ0v) is 14.7. The minimum absolute atomic E-state index is 0.0481. The number of thioether (sulfide) groups is 1. The van der Waals surface area contributed by atoms with Crippen LogP contribution in [-0.4, -0.2) is 26.0 Å². The fourth-order valence-corrected chi connectivity index (χ4v) is 4.00. The summed E-state index contributed by atoms with van der Waals surface area (Å²) in [6.45, 7) is 5.88. The van der Waals surface area contributed by atoms with Crippen LogP contribution in [0.15, 0.2) is 27.6 Å². The second-order valence-electron chi connectivity index (χ2n) is 4.42. The molecule has 0 fully saturated rings. The molecule has 0 aromatic heterocycles. The number of halogens is 1. The fraction of sp³-hybridized carbons (Fsp3) is 0.538. The van der Waals surface area contributed by atoms with E-state index in [0.29, 0.717) is 4.90 Å². The van der Waals surface area contributed by atoms with Crippen LogP contribution in [0.1, 0.15) is 25.8 Å². The van der Waals surface area contributed by atoms with E-state index in [0.717, 1.165) is 28.0 Å². The number of nitrogens with one attached hydrogen (secondary N) is 1. The van der Waals surface area contributed by atoms with E-state index in [1.807, 2.05) is 25.6 Å². The predicted octanol–water partition coefficient (Wildman–Crippen LogP) is 3.57. The first-order valence-electron chi connectivity index (χ1n) is 6.23. The van der Waals surface area contributed by atoms with Crippen molar-refractivity contribution in [2.24, 2.45) is 0 Å².